The van der Waals surface area contributed by atoms with Crippen LogP contribution in [0.3, 0.4) is 0 Å². The number of hydrogen-bond acceptors (Lipinski definition) is 3. The van der Waals surface area contributed by atoms with E-state index in [0.29, 0.717) is 11.9 Å². The molecule has 2 fully saturated rings. The van der Waals surface area contributed by atoms with Gasteiger partial charge in [0.15, 0.2) is 0 Å². The molecule has 0 bridgehead atoms. The Labute approximate surface area is 97.9 Å². The molecule has 4 heteroatoms. The second-order valence-electron chi connectivity index (χ2n) is 5.82. The minimum Gasteiger partial charge on any atom is -0.385 e. The Kier molecular flexibility index (Phi) is 3.22. The van der Waals surface area contributed by atoms with Gasteiger partial charge < -0.3 is 10.5 Å². The summed E-state index contributed by atoms with van der Waals surface area (Å²) in [4.78, 5) is 6.98. The number of hydrogen-bond donors (Lipinski definition) is 1. The molecule has 4 nitrogen and oxygen atoms in total. The first kappa shape index (κ1) is 11.9. The highest BCUT2D eigenvalue weighted by Crippen LogP contribution is 2.23. The van der Waals surface area contributed by atoms with E-state index in [1.807, 2.05) is 0 Å². The first-order valence-corrected chi connectivity index (χ1v) is 6.16. The van der Waals surface area contributed by atoms with Gasteiger partial charge in [0.25, 0.3) is 0 Å². The zero-order chi connectivity index (χ0) is 11.8. The molecule has 16 heavy (non-hydrogen) atoms. The standard InChI is InChI=1S/C12H23N3O/c1-12(2,3)14-11(13)10-7-15-6-4-5-9(15)8-16-10/h9-10H,4-8H2,1-3H3,(H2,13,14). The smallest absolute Gasteiger partial charge is 0.127 e. The van der Waals surface area contributed by atoms with Crippen LogP contribution in [-0.2, 0) is 4.74 Å². The van der Waals surface area contributed by atoms with Crippen LogP contribution < -0.4 is 5.73 Å². The lowest BCUT2D eigenvalue weighted by atomic mass is 10.1. The fourth-order valence-corrected chi connectivity index (χ4v) is 2.46. The van der Waals surface area contributed by atoms with Crippen LogP contribution in [0.1, 0.15) is 33.6 Å². The second-order valence-corrected chi connectivity index (χ2v) is 5.82. The topological polar surface area (TPSA) is 50.8 Å². The Balaban J connectivity index is 1.98. The van der Waals surface area contributed by atoms with Gasteiger partial charge in [-0.15, -0.1) is 0 Å². The largest absolute Gasteiger partial charge is 0.385 e. The predicted molar refractivity (Wildman–Crippen MR) is 65.7 cm³/mol. The van der Waals surface area contributed by atoms with Crippen molar-refractivity contribution >= 4 is 5.84 Å². The van der Waals surface area contributed by atoms with Gasteiger partial charge in [-0.05, 0) is 40.2 Å². The minimum absolute atomic E-state index is 0.00595. The highest BCUT2D eigenvalue weighted by atomic mass is 16.5. The van der Waals surface area contributed by atoms with Crippen LogP contribution in [0, 0.1) is 0 Å². The molecular formula is C12H23N3O. The molecule has 0 aromatic carbocycles. The van der Waals surface area contributed by atoms with Crippen LogP contribution in [0.15, 0.2) is 4.99 Å². The molecule has 2 heterocycles. The van der Waals surface area contributed by atoms with Gasteiger partial charge in [-0.2, -0.15) is 0 Å². The van der Waals surface area contributed by atoms with Crippen LogP contribution >= 0.6 is 0 Å². The van der Waals surface area contributed by atoms with Crippen LogP contribution in [0.5, 0.6) is 0 Å². The maximum atomic E-state index is 6.02. The third-order valence-corrected chi connectivity index (χ3v) is 3.18. The third-order valence-electron chi connectivity index (χ3n) is 3.18. The van der Waals surface area contributed by atoms with E-state index in [0.717, 1.165) is 13.2 Å². The average Bonchev–Trinajstić information content (AvgIpc) is 2.61. The zero-order valence-corrected chi connectivity index (χ0v) is 10.6. The number of morpholine rings is 1. The third kappa shape index (κ3) is 2.74. The van der Waals surface area contributed by atoms with Crippen molar-refractivity contribution in [3.63, 3.8) is 0 Å². The van der Waals surface area contributed by atoms with E-state index in [4.69, 9.17) is 10.5 Å². The lowest BCUT2D eigenvalue weighted by molar-refractivity contribution is -0.0169. The van der Waals surface area contributed by atoms with Gasteiger partial charge in [0.2, 0.25) is 0 Å². The number of nitrogens with two attached hydrogens (primary N) is 1. The molecular weight excluding hydrogens is 202 g/mol. The first-order chi connectivity index (χ1) is 7.46. The molecule has 2 saturated heterocycles. The van der Waals surface area contributed by atoms with Crippen molar-refractivity contribution in [1.29, 1.82) is 0 Å². The number of amidine groups is 1. The van der Waals surface area contributed by atoms with Crippen molar-refractivity contribution in [3.05, 3.63) is 0 Å². The molecule has 2 rings (SSSR count). The summed E-state index contributed by atoms with van der Waals surface area (Å²) in [5, 5.41) is 0. The molecule has 0 radical (unpaired) electrons. The van der Waals surface area contributed by atoms with E-state index in [1.54, 1.807) is 0 Å². The maximum Gasteiger partial charge on any atom is 0.127 e. The summed E-state index contributed by atoms with van der Waals surface area (Å²) in [5.74, 6) is 0.651. The number of ether oxygens (including phenoxy) is 1. The molecule has 0 aromatic heterocycles. The number of aliphatic imine (C=N–C) groups is 1. The lowest BCUT2D eigenvalue weighted by Gasteiger charge is -2.35. The summed E-state index contributed by atoms with van der Waals surface area (Å²) in [6, 6.07) is 0.624. The van der Waals surface area contributed by atoms with Crippen molar-refractivity contribution < 1.29 is 4.74 Å². The fourth-order valence-electron chi connectivity index (χ4n) is 2.46. The van der Waals surface area contributed by atoms with Crippen molar-refractivity contribution in [2.45, 2.75) is 51.3 Å². The normalized spacial score (nSPS) is 32.8. The van der Waals surface area contributed by atoms with Crippen LogP contribution in [-0.4, -0.2) is 48.1 Å². The van der Waals surface area contributed by atoms with Gasteiger partial charge in [0.1, 0.15) is 11.9 Å². The molecule has 92 valence electrons. The fraction of sp³-hybridized carbons (Fsp3) is 0.917. The van der Waals surface area contributed by atoms with E-state index in [2.05, 4.69) is 30.7 Å². The van der Waals surface area contributed by atoms with Crippen LogP contribution in [0.4, 0.5) is 0 Å². The summed E-state index contributed by atoms with van der Waals surface area (Å²) in [5.41, 5.74) is 5.90. The molecule has 0 aromatic rings. The number of rotatable bonds is 1. The summed E-state index contributed by atoms with van der Waals surface area (Å²) >= 11 is 0. The molecule has 0 amide bonds. The van der Waals surface area contributed by atoms with Crippen molar-refractivity contribution in [2.75, 3.05) is 19.7 Å². The van der Waals surface area contributed by atoms with Crippen molar-refractivity contribution in [3.8, 4) is 0 Å². The molecule has 0 aliphatic carbocycles. The molecule has 0 saturated carbocycles. The Morgan fingerprint density at radius 3 is 2.88 bits per heavy atom. The van der Waals surface area contributed by atoms with Gasteiger partial charge in [0, 0.05) is 12.6 Å². The molecule has 2 unspecified atom stereocenters. The molecule has 2 aliphatic heterocycles. The van der Waals surface area contributed by atoms with Gasteiger partial charge >= 0.3 is 0 Å². The highest BCUT2D eigenvalue weighted by molar-refractivity contribution is 5.85. The Morgan fingerprint density at radius 2 is 2.19 bits per heavy atom. The zero-order valence-electron chi connectivity index (χ0n) is 10.6. The SMILES string of the molecule is CC(C)(C)N=C(N)C1CN2CCCC2CO1. The van der Waals surface area contributed by atoms with Gasteiger partial charge in [-0.25, -0.2) is 0 Å². The van der Waals surface area contributed by atoms with Crippen LogP contribution in [0.2, 0.25) is 0 Å². The number of fused-ring (bicyclic) bond motifs is 1. The van der Waals surface area contributed by atoms with Crippen molar-refractivity contribution in [1.82, 2.24) is 4.90 Å². The molecule has 2 aliphatic rings. The predicted octanol–water partition coefficient (Wildman–Crippen LogP) is 1.01. The monoisotopic (exact) mass is 225 g/mol. The second kappa shape index (κ2) is 4.34. The van der Waals surface area contributed by atoms with Crippen molar-refractivity contribution in [2.24, 2.45) is 10.7 Å². The Hall–Kier alpha value is -0.610. The van der Waals surface area contributed by atoms with Gasteiger partial charge in [-0.3, -0.25) is 9.89 Å². The molecule has 2 atom stereocenters. The summed E-state index contributed by atoms with van der Waals surface area (Å²) < 4.78 is 5.80. The van der Waals surface area contributed by atoms with E-state index in [9.17, 15) is 0 Å². The summed E-state index contributed by atoms with van der Waals surface area (Å²) in [7, 11) is 0. The average molecular weight is 225 g/mol. The van der Waals surface area contributed by atoms with E-state index < -0.39 is 0 Å². The molecule has 2 N–H and O–H groups in total. The molecule has 0 spiro atoms. The lowest BCUT2D eigenvalue weighted by Crippen LogP contribution is -2.51. The summed E-state index contributed by atoms with van der Waals surface area (Å²) in [6.07, 6.45) is 2.55. The van der Waals surface area contributed by atoms with E-state index >= 15 is 0 Å². The minimum atomic E-state index is -0.116. The maximum absolute atomic E-state index is 6.02. The van der Waals surface area contributed by atoms with Gasteiger partial charge in [0.05, 0.1) is 12.1 Å². The highest BCUT2D eigenvalue weighted by Gasteiger charge is 2.33. The van der Waals surface area contributed by atoms with E-state index in [-0.39, 0.29) is 11.6 Å². The van der Waals surface area contributed by atoms with Gasteiger partial charge in [-0.1, -0.05) is 0 Å². The summed E-state index contributed by atoms with van der Waals surface area (Å²) in [6.45, 7) is 9.08. The quantitative estimate of drug-likeness (QED) is 0.535. The first-order valence-electron chi connectivity index (χ1n) is 6.16. The van der Waals surface area contributed by atoms with Crippen LogP contribution in [0.25, 0.3) is 0 Å². The Morgan fingerprint density at radius 1 is 1.44 bits per heavy atom. The van der Waals surface area contributed by atoms with E-state index in [1.165, 1.54) is 19.4 Å². The number of nitrogens with zero attached hydrogens (tertiary/aromatic N) is 2. The Bertz CT molecular complexity index is 282.